The summed E-state index contributed by atoms with van der Waals surface area (Å²) in [5, 5.41) is 13.8. The lowest BCUT2D eigenvalue weighted by atomic mass is 9.94. The monoisotopic (exact) mass is 421 g/mol. The molecule has 2 aliphatic heterocycles. The Morgan fingerprint density at radius 2 is 1.90 bits per heavy atom. The zero-order valence-corrected chi connectivity index (χ0v) is 19.1. The van der Waals surface area contributed by atoms with E-state index in [2.05, 4.69) is 65.7 Å². The van der Waals surface area contributed by atoms with Crippen LogP contribution in [0.5, 0.6) is 0 Å². The molecule has 0 bridgehead atoms. The molecule has 4 N–H and O–H groups in total. The van der Waals surface area contributed by atoms with E-state index in [1.54, 1.807) is 4.90 Å². The van der Waals surface area contributed by atoms with Crippen molar-refractivity contribution in [3.8, 4) is 6.07 Å². The highest BCUT2D eigenvalue weighted by Crippen LogP contribution is 2.29. The summed E-state index contributed by atoms with van der Waals surface area (Å²) in [4.78, 5) is 9.08. The van der Waals surface area contributed by atoms with E-state index in [0.29, 0.717) is 0 Å². The Morgan fingerprint density at radius 3 is 2.61 bits per heavy atom. The second-order valence-electron chi connectivity index (χ2n) is 9.31. The number of rotatable bonds is 7. The highest BCUT2D eigenvalue weighted by Gasteiger charge is 2.32. The van der Waals surface area contributed by atoms with Gasteiger partial charge in [-0.05, 0) is 24.8 Å². The van der Waals surface area contributed by atoms with Gasteiger partial charge in [0.05, 0.1) is 39.3 Å². The van der Waals surface area contributed by atoms with Crippen molar-refractivity contribution in [3.63, 3.8) is 0 Å². The van der Waals surface area contributed by atoms with Crippen molar-refractivity contribution < 1.29 is 14.8 Å². The molecule has 0 radical (unpaired) electrons. The van der Waals surface area contributed by atoms with Crippen LogP contribution in [0, 0.1) is 11.3 Å². The smallest absolute Gasteiger partial charge is 0.240 e. The number of anilines is 2. The van der Waals surface area contributed by atoms with Gasteiger partial charge < -0.3 is 9.80 Å². The number of piperidine rings is 1. The molecule has 3 heterocycles. The SMILES string of the molecule is C[NH+](C)CCNc1[nH+]c(N2CCCCC2)c(C#N)c2c1C[NH+](Cc1ccccc1)CC2. The van der Waals surface area contributed by atoms with E-state index in [9.17, 15) is 5.26 Å². The zero-order chi connectivity index (χ0) is 21.6. The number of nitrogens with one attached hydrogen (secondary N) is 4. The maximum Gasteiger partial charge on any atom is 0.240 e. The molecule has 2 aliphatic rings. The summed E-state index contributed by atoms with van der Waals surface area (Å²) >= 11 is 0. The van der Waals surface area contributed by atoms with E-state index >= 15 is 0 Å². The molecule has 6 nitrogen and oxygen atoms in total. The molecule has 1 atom stereocenters. The number of fused-ring (bicyclic) bond motifs is 1. The van der Waals surface area contributed by atoms with Crippen LogP contribution in [0.4, 0.5) is 11.6 Å². The van der Waals surface area contributed by atoms with Gasteiger partial charge in [0.25, 0.3) is 0 Å². The first-order chi connectivity index (χ1) is 15.2. The number of nitrogens with zero attached hydrogens (tertiary/aromatic N) is 2. The minimum absolute atomic E-state index is 0.874. The predicted molar refractivity (Wildman–Crippen MR) is 123 cm³/mol. The van der Waals surface area contributed by atoms with Gasteiger partial charge in [-0.1, -0.05) is 30.3 Å². The maximum atomic E-state index is 10.1. The number of hydrogen-bond donors (Lipinski definition) is 3. The Balaban J connectivity index is 1.65. The second-order valence-corrected chi connectivity index (χ2v) is 9.31. The first kappa shape index (κ1) is 21.6. The zero-order valence-electron chi connectivity index (χ0n) is 19.1. The van der Waals surface area contributed by atoms with Gasteiger partial charge in [-0.3, -0.25) is 10.2 Å². The van der Waals surface area contributed by atoms with Crippen molar-refractivity contribution in [2.75, 3.05) is 57.0 Å². The van der Waals surface area contributed by atoms with E-state index in [4.69, 9.17) is 0 Å². The fraction of sp³-hybridized carbons (Fsp3) is 0.520. The Kier molecular flexibility index (Phi) is 7.06. The Morgan fingerprint density at radius 1 is 1.13 bits per heavy atom. The van der Waals surface area contributed by atoms with E-state index in [0.717, 1.165) is 69.4 Å². The highest BCUT2D eigenvalue weighted by atomic mass is 15.2. The van der Waals surface area contributed by atoms with Crippen LogP contribution < -0.4 is 25.0 Å². The number of aromatic amines is 1. The lowest BCUT2D eigenvalue weighted by Gasteiger charge is -2.30. The third-order valence-electron chi connectivity index (χ3n) is 6.61. The number of H-pyrrole nitrogens is 1. The number of benzene rings is 1. The van der Waals surface area contributed by atoms with Gasteiger partial charge in [0.1, 0.15) is 37.8 Å². The molecule has 4 rings (SSSR count). The fourth-order valence-corrected chi connectivity index (χ4v) is 4.91. The topological polar surface area (TPSA) is 62.1 Å². The average molecular weight is 422 g/mol. The highest BCUT2D eigenvalue weighted by molar-refractivity contribution is 5.61. The summed E-state index contributed by atoms with van der Waals surface area (Å²) < 4.78 is 0. The molecular weight excluding hydrogens is 384 g/mol. The van der Waals surface area contributed by atoms with Gasteiger partial charge in [-0.15, -0.1) is 0 Å². The van der Waals surface area contributed by atoms with Crippen LogP contribution in [0.15, 0.2) is 30.3 Å². The minimum Gasteiger partial charge on any atom is -0.337 e. The van der Waals surface area contributed by atoms with Crippen LogP contribution in [-0.4, -0.2) is 46.8 Å². The molecule has 0 saturated carbocycles. The third-order valence-corrected chi connectivity index (χ3v) is 6.61. The van der Waals surface area contributed by atoms with E-state index < -0.39 is 0 Å². The van der Waals surface area contributed by atoms with Crippen molar-refractivity contribution in [1.82, 2.24) is 0 Å². The molecular formula is C25H37N6+3. The number of aromatic nitrogens is 1. The Labute approximate surface area is 186 Å². The summed E-state index contributed by atoms with van der Waals surface area (Å²) in [7, 11) is 4.37. The fourth-order valence-electron chi connectivity index (χ4n) is 4.91. The Bertz CT molecular complexity index is 912. The van der Waals surface area contributed by atoms with Gasteiger partial charge in [0, 0.05) is 12.0 Å². The van der Waals surface area contributed by atoms with Gasteiger partial charge in [0.2, 0.25) is 11.6 Å². The summed E-state index contributed by atoms with van der Waals surface area (Å²) in [6.45, 7) is 7.10. The molecule has 6 heteroatoms. The quantitative estimate of drug-likeness (QED) is 0.593. The molecule has 0 aliphatic carbocycles. The first-order valence-corrected chi connectivity index (χ1v) is 11.8. The van der Waals surface area contributed by atoms with E-state index in [-0.39, 0.29) is 0 Å². The summed E-state index contributed by atoms with van der Waals surface area (Å²) in [5.74, 6) is 2.16. The number of likely N-dealkylation sites (N-methyl/N-ethyl adjacent to an activating group) is 1. The Hall–Kier alpha value is -2.62. The van der Waals surface area contributed by atoms with E-state index in [1.807, 2.05) is 0 Å². The molecule has 1 saturated heterocycles. The van der Waals surface area contributed by atoms with Gasteiger partial charge in [-0.25, -0.2) is 4.98 Å². The van der Waals surface area contributed by atoms with Gasteiger partial charge >= 0.3 is 0 Å². The standard InChI is InChI=1S/C25H34N6/c1-29(2)16-12-27-24-23-19-30(18-20-9-5-3-6-10-20)15-11-21(23)22(17-26)25(28-24)31-13-7-4-8-14-31/h3,5-6,9-10H,4,7-8,11-16,18-19H2,1-2H3,(H,27,28)/p+3. The summed E-state index contributed by atoms with van der Waals surface area (Å²) in [6, 6.07) is 13.3. The molecule has 31 heavy (non-hydrogen) atoms. The van der Waals surface area contributed by atoms with Gasteiger partial charge in [-0.2, -0.15) is 5.26 Å². The van der Waals surface area contributed by atoms with Gasteiger partial charge in [0.15, 0.2) is 0 Å². The summed E-state index contributed by atoms with van der Waals surface area (Å²) in [5.41, 5.74) is 4.82. The van der Waals surface area contributed by atoms with Crippen LogP contribution in [0.25, 0.3) is 0 Å². The largest absolute Gasteiger partial charge is 0.337 e. The van der Waals surface area contributed by atoms with Crippen molar-refractivity contribution in [3.05, 3.63) is 52.6 Å². The normalized spacial score (nSPS) is 18.5. The molecule has 0 amide bonds. The second kappa shape index (κ2) is 10.1. The molecule has 2 aromatic rings. The predicted octanol–water partition coefficient (Wildman–Crippen LogP) is 0.0603. The average Bonchev–Trinajstić information content (AvgIpc) is 2.80. The third kappa shape index (κ3) is 5.17. The molecule has 1 aromatic heterocycles. The van der Waals surface area contributed by atoms with Crippen LogP contribution in [0.1, 0.15) is 41.5 Å². The van der Waals surface area contributed by atoms with E-state index in [1.165, 1.54) is 40.9 Å². The van der Waals surface area contributed by atoms with Crippen LogP contribution >= 0.6 is 0 Å². The number of hydrogen-bond acceptors (Lipinski definition) is 3. The van der Waals surface area contributed by atoms with Crippen molar-refractivity contribution in [2.45, 2.75) is 38.8 Å². The van der Waals surface area contributed by atoms with Crippen LogP contribution in [0.2, 0.25) is 0 Å². The molecule has 0 spiro atoms. The lowest BCUT2D eigenvalue weighted by Crippen LogP contribution is -3.10. The number of nitriles is 1. The molecule has 164 valence electrons. The summed E-state index contributed by atoms with van der Waals surface area (Å²) in [6.07, 6.45) is 4.66. The number of quaternary nitrogens is 2. The lowest BCUT2D eigenvalue weighted by molar-refractivity contribution is -0.929. The van der Waals surface area contributed by atoms with Crippen LogP contribution in [0.3, 0.4) is 0 Å². The van der Waals surface area contributed by atoms with Crippen molar-refractivity contribution in [2.24, 2.45) is 0 Å². The first-order valence-electron chi connectivity index (χ1n) is 11.8. The number of pyridine rings is 1. The minimum atomic E-state index is 0.874. The van der Waals surface area contributed by atoms with Crippen molar-refractivity contribution in [1.29, 1.82) is 5.26 Å². The molecule has 1 fully saturated rings. The molecule has 1 aromatic carbocycles. The maximum absolute atomic E-state index is 10.1. The van der Waals surface area contributed by atoms with Crippen molar-refractivity contribution >= 4 is 11.6 Å². The van der Waals surface area contributed by atoms with Crippen LogP contribution in [-0.2, 0) is 19.5 Å². The molecule has 1 unspecified atom stereocenters.